The van der Waals surface area contributed by atoms with E-state index in [1.807, 2.05) is 0 Å². The van der Waals surface area contributed by atoms with E-state index in [1.165, 1.54) is 6.07 Å². The number of carbonyl (C=O) groups is 1. The smallest absolute Gasteiger partial charge is 0.354 e. The van der Waals surface area contributed by atoms with Crippen molar-refractivity contribution in [2.45, 2.75) is 0 Å². The molecule has 0 spiro atoms. The Morgan fingerprint density at radius 3 is 3.00 bits per heavy atom. The van der Waals surface area contributed by atoms with Crippen molar-refractivity contribution in [3.05, 3.63) is 17.0 Å². The maximum absolute atomic E-state index is 10.6. The molecule has 0 amide bonds. The van der Waals surface area contributed by atoms with Crippen molar-refractivity contribution >= 4 is 23.4 Å². The van der Waals surface area contributed by atoms with Gasteiger partial charge >= 0.3 is 5.97 Å². The zero-order valence-electron chi connectivity index (χ0n) is 6.99. The van der Waals surface area contributed by atoms with E-state index in [2.05, 4.69) is 21.2 Å². The van der Waals surface area contributed by atoms with Gasteiger partial charge in [-0.25, -0.2) is 14.8 Å². The lowest BCUT2D eigenvalue weighted by Gasteiger charge is -2.02. The molecule has 1 rings (SSSR count). The van der Waals surface area contributed by atoms with E-state index in [4.69, 9.17) is 23.1 Å². The average Bonchev–Trinajstić information content (AvgIpc) is 2.14. The zero-order valence-corrected chi connectivity index (χ0v) is 7.75. The van der Waals surface area contributed by atoms with Crippen molar-refractivity contribution in [1.82, 2.24) is 9.97 Å². The minimum Gasteiger partial charge on any atom is -0.477 e. The minimum absolute atomic E-state index is 0.135. The quantitative estimate of drug-likeness (QED) is 0.573. The van der Waals surface area contributed by atoms with Gasteiger partial charge in [0.05, 0.1) is 6.54 Å². The number of aromatic nitrogens is 2. The number of carboxylic acid groups (broad SMARTS) is 1. The van der Waals surface area contributed by atoms with Crippen LogP contribution in [0.4, 0.5) is 5.82 Å². The number of carboxylic acids is 1. The molecule has 0 aliphatic rings. The van der Waals surface area contributed by atoms with Crippen LogP contribution < -0.4 is 5.32 Å². The molecule has 72 valence electrons. The molecule has 0 bridgehead atoms. The first-order valence-electron chi connectivity index (χ1n) is 3.58. The first-order valence-corrected chi connectivity index (χ1v) is 3.96. The van der Waals surface area contributed by atoms with Crippen LogP contribution in [0.1, 0.15) is 10.5 Å². The molecular weight excluding hydrogens is 206 g/mol. The summed E-state index contributed by atoms with van der Waals surface area (Å²) < 4.78 is 0. The van der Waals surface area contributed by atoms with Crippen LogP contribution in [0.3, 0.4) is 0 Å². The number of terminal acetylenes is 1. The van der Waals surface area contributed by atoms with Crippen molar-refractivity contribution in [3.8, 4) is 12.3 Å². The fourth-order valence-electron chi connectivity index (χ4n) is 0.760. The van der Waals surface area contributed by atoms with Crippen molar-refractivity contribution in [3.63, 3.8) is 0 Å². The van der Waals surface area contributed by atoms with Crippen molar-refractivity contribution < 1.29 is 9.90 Å². The Labute approximate surface area is 85.1 Å². The molecule has 5 nitrogen and oxygen atoms in total. The number of halogens is 1. The third kappa shape index (κ3) is 2.61. The van der Waals surface area contributed by atoms with Gasteiger partial charge in [0.1, 0.15) is 5.82 Å². The van der Waals surface area contributed by atoms with Crippen LogP contribution in [-0.4, -0.2) is 27.6 Å². The minimum atomic E-state index is -1.17. The SMILES string of the molecule is C#CCNc1cc(C(=O)O)nc(Cl)n1. The van der Waals surface area contributed by atoms with E-state index < -0.39 is 5.97 Å². The van der Waals surface area contributed by atoms with Crippen molar-refractivity contribution in [1.29, 1.82) is 0 Å². The Hall–Kier alpha value is -1.80. The summed E-state index contributed by atoms with van der Waals surface area (Å²) in [6.45, 7) is 0.242. The molecule has 14 heavy (non-hydrogen) atoms. The summed E-state index contributed by atoms with van der Waals surface area (Å²) in [6, 6.07) is 1.26. The molecule has 0 aliphatic heterocycles. The van der Waals surface area contributed by atoms with E-state index in [0.29, 0.717) is 5.82 Å². The lowest BCUT2D eigenvalue weighted by molar-refractivity contribution is 0.0690. The Morgan fingerprint density at radius 2 is 2.43 bits per heavy atom. The fourth-order valence-corrected chi connectivity index (χ4v) is 0.942. The van der Waals surface area contributed by atoms with Gasteiger partial charge in [-0.1, -0.05) is 5.92 Å². The Bertz CT molecular complexity index is 400. The second-order valence-corrected chi connectivity index (χ2v) is 2.61. The van der Waals surface area contributed by atoms with Crippen LogP contribution in [-0.2, 0) is 0 Å². The summed E-state index contributed by atoms with van der Waals surface area (Å²) in [7, 11) is 0. The largest absolute Gasteiger partial charge is 0.477 e. The second kappa shape index (κ2) is 4.44. The lowest BCUT2D eigenvalue weighted by atomic mass is 10.4. The van der Waals surface area contributed by atoms with Crippen molar-refractivity contribution in [2.75, 3.05) is 11.9 Å². The molecule has 1 aromatic heterocycles. The summed E-state index contributed by atoms with van der Waals surface area (Å²) in [4.78, 5) is 17.8. The molecule has 1 aromatic rings. The topological polar surface area (TPSA) is 75.1 Å². The Morgan fingerprint density at radius 1 is 1.71 bits per heavy atom. The van der Waals surface area contributed by atoms with Gasteiger partial charge in [-0.2, -0.15) is 0 Å². The summed E-state index contributed by atoms with van der Waals surface area (Å²) in [5.74, 6) is 1.45. The molecule has 0 radical (unpaired) electrons. The third-order valence-electron chi connectivity index (χ3n) is 1.29. The molecule has 0 saturated heterocycles. The van der Waals surface area contributed by atoms with Gasteiger partial charge in [0, 0.05) is 6.07 Å². The second-order valence-electron chi connectivity index (χ2n) is 2.27. The standard InChI is InChI=1S/C8H6ClN3O2/c1-2-3-10-6-4-5(7(13)14)11-8(9)12-6/h1,4H,3H2,(H,13,14)(H,10,11,12). The Kier molecular flexibility index (Phi) is 3.26. The highest BCUT2D eigenvalue weighted by atomic mass is 35.5. The van der Waals surface area contributed by atoms with Gasteiger partial charge < -0.3 is 10.4 Å². The van der Waals surface area contributed by atoms with Gasteiger partial charge in [0.15, 0.2) is 5.69 Å². The van der Waals surface area contributed by atoms with Crippen LogP contribution in [0, 0.1) is 12.3 Å². The third-order valence-corrected chi connectivity index (χ3v) is 1.46. The number of nitrogens with zero attached hydrogens (tertiary/aromatic N) is 2. The van der Waals surface area contributed by atoms with Crippen LogP contribution in [0.2, 0.25) is 5.28 Å². The number of rotatable bonds is 3. The van der Waals surface area contributed by atoms with Crippen LogP contribution >= 0.6 is 11.6 Å². The van der Waals surface area contributed by atoms with Gasteiger partial charge in [-0.05, 0) is 11.6 Å². The van der Waals surface area contributed by atoms with Crippen LogP contribution in [0.25, 0.3) is 0 Å². The highest BCUT2D eigenvalue weighted by molar-refractivity contribution is 6.28. The molecular formula is C8H6ClN3O2. The average molecular weight is 212 g/mol. The van der Waals surface area contributed by atoms with Crippen molar-refractivity contribution in [2.24, 2.45) is 0 Å². The fraction of sp³-hybridized carbons (Fsp3) is 0.125. The summed E-state index contributed by atoms with van der Waals surface area (Å²) >= 11 is 5.50. The molecule has 0 atom stereocenters. The molecule has 6 heteroatoms. The van der Waals surface area contributed by atoms with Gasteiger partial charge in [0.2, 0.25) is 5.28 Å². The summed E-state index contributed by atoms with van der Waals surface area (Å²) in [6.07, 6.45) is 5.01. The first kappa shape index (κ1) is 10.3. The van der Waals surface area contributed by atoms with Gasteiger partial charge in [-0.3, -0.25) is 0 Å². The number of aromatic carboxylic acids is 1. The highest BCUT2D eigenvalue weighted by Crippen LogP contribution is 2.09. The lowest BCUT2D eigenvalue weighted by Crippen LogP contribution is -2.06. The molecule has 1 heterocycles. The zero-order chi connectivity index (χ0) is 10.6. The normalized spacial score (nSPS) is 9.14. The molecule has 0 saturated carbocycles. The number of nitrogens with one attached hydrogen (secondary N) is 1. The van der Waals surface area contributed by atoms with E-state index in [9.17, 15) is 4.79 Å². The predicted molar refractivity (Wildman–Crippen MR) is 51.3 cm³/mol. The maximum atomic E-state index is 10.6. The van der Waals surface area contributed by atoms with Crippen LogP contribution in [0.15, 0.2) is 6.07 Å². The predicted octanol–water partition coefficient (Wildman–Crippen LogP) is 0.873. The van der Waals surface area contributed by atoms with Gasteiger partial charge in [-0.15, -0.1) is 6.42 Å². The van der Waals surface area contributed by atoms with Gasteiger partial charge in [0.25, 0.3) is 0 Å². The molecule has 0 aromatic carbocycles. The molecule has 0 aliphatic carbocycles. The summed E-state index contributed by atoms with van der Waals surface area (Å²) in [5, 5.41) is 11.2. The summed E-state index contributed by atoms with van der Waals surface area (Å²) in [5.41, 5.74) is -0.176. The van der Waals surface area contributed by atoms with Crippen LogP contribution in [0.5, 0.6) is 0 Å². The van der Waals surface area contributed by atoms with E-state index in [0.717, 1.165) is 0 Å². The number of hydrogen-bond acceptors (Lipinski definition) is 4. The van der Waals surface area contributed by atoms with E-state index in [-0.39, 0.29) is 17.5 Å². The van der Waals surface area contributed by atoms with E-state index >= 15 is 0 Å². The number of anilines is 1. The monoisotopic (exact) mass is 211 g/mol. The highest BCUT2D eigenvalue weighted by Gasteiger charge is 2.08. The number of hydrogen-bond donors (Lipinski definition) is 2. The van der Waals surface area contributed by atoms with E-state index in [1.54, 1.807) is 0 Å². The molecule has 0 unspecified atom stereocenters. The maximum Gasteiger partial charge on any atom is 0.354 e. The molecule has 0 fully saturated rings. The first-order chi connectivity index (χ1) is 6.63. The Balaban J connectivity index is 2.96. The molecule has 2 N–H and O–H groups in total.